The Morgan fingerprint density at radius 2 is 1.75 bits per heavy atom. The van der Waals surface area contributed by atoms with Gasteiger partial charge < -0.3 is 4.90 Å². The van der Waals surface area contributed by atoms with E-state index in [1.165, 1.54) is 18.2 Å². The Balaban J connectivity index is 1.78. The first-order valence-corrected chi connectivity index (χ1v) is 10.6. The standard InChI is InChI=1S/C19H23F3N2O3S/c1-2-17(25)23-11-5-8-18(14-23)9-12-24(13-10-18)28(26,27)16-7-4-3-6-15(16)19(20,21)22/h2-4,6-7H,1,5,8-14H2. The summed E-state index contributed by atoms with van der Waals surface area (Å²) >= 11 is 0. The molecule has 154 valence electrons. The molecule has 0 aliphatic carbocycles. The largest absolute Gasteiger partial charge is 0.417 e. The Hall–Kier alpha value is -1.87. The van der Waals surface area contributed by atoms with Crippen LogP contribution in [0.15, 0.2) is 41.8 Å². The van der Waals surface area contributed by atoms with Gasteiger partial charge in [0.1, 0.15) is 0 Å². The lowest BCUT2D eigenvalue weighted by atomic mass is 9.73. The molecule has 1 aromatic rings. The molecule has 5 nitrogen and oxygen atoms in total. The fraction of sp³-hybridized carbons (Fsp3) is 0.526. The van der Waals surface area contributed by atoms with Gasteiger partial charge >= 0.3 is 6.18 Å². The summed E-state index contributed by atoms with van der Waals surface area (Å²) < 4.78 is 66.7. The molecule has 0 N–H and O–H groups in total. The van der Waals surface area contributed by atoms with Gasteiger partial charge in [0.2, 0.25) is 15.9 Å². The van der Waals surface area contributed by atoms with E-state index in [1.54, 1.807) is 4.90 Å². The predicted molar refractivity (Wildman–Crippen MR) is 97.9 cm³/mol. The molecule has 0 atom stereocenters. The molecule has 9 heteroatoms. The number of benzene rings is 1. The summed E-state index contributed by atoms with van der Waals surface area (Å²) in [4.78, 5) is 12.9. The second kappa shape index (κ2) is 7.51. The molecule has 3 rings (SSSR count). The van der Waals surface area contributed by atoms with Crippen molar-refractivity contribution < 1.29 is 26.4 Å². The lowest BCUT2D eigenvalue weighted by Gasteiger charge is -2.47. The third-order valence-electron chi connectivity index (χ3n) is 5.74. The van der Waals surface area contributed by atoms with Crippen LogP contribution < -0.4 is 0 Å². The van der Waals surface area contributed by atoms with E-state index in [0.717, 1.165) is 29.3 Å². The molecule has 1 spiro atoms. The summed E-state index contributed by atoms with van der Waals surface area (Å²) in [5.41, 5.74) is -1.33. The van der Waals surface area contributed by atoms with Crippen molar-refractivity contribution >= 4 is 15.9 Å². The van der Waals surface area contributed by atoms with E-state index < -0.39 is 26.7 Å². The fourth-order valence-electron chi connectivity index (χ4n) is 4.20. The molecule has 1 amide bonds. The van der Waals surface area contributed by atoms with E-state index in [-0.39, 0.29) is 24.4 Å². The predicted octanol–water partition coefficient (Wildman–Crippen LogP) is 3.28. The summed E-state index contributed by atoms with van der Waals surface area (Å²) in [5.74, 6) is -0.145. The van der Waals surface area contributed by atoms with E-state index in [9.17, 15) is 26.4 Å². The molecule has 0 aromatic heterocycles. The topological polar surface area (TPSA) is 57.7 Å². The highest BCUT2D eigenvalue weighted by atomic mass is 32.2. The molecular weight excluding hydrogens is 393 g/mol. The maximum atomic E-state index is 13.3. The molecular formula is C19H23F3N2O3S. The number of hydrogen-bond acceptors (Lipinski definition) is 3. The molecule has 2 aliphatic rings. The van der Waals surface area contributed by atoms with Crippen LogP contribution >= 0.6 is 0 Å². The van der Waals surface area contributed by atoms with Crippen molar-refractivity contribution in [2.75, 3.05) is 26.2 Å². The molecule has 0 saturated carbocycles. The zero-order valence-electron chi connectivity index (χ0n) is 15.4. The number of likely N-dealkylation sites (tertiary alicyclic amines) is 1. The van der Waals surface area contributed by atoms with Crippen LogP contribution in [0.1, 0.15) is 31.2 Å². The molecule has 2 heterocycles. The highest BCUT2D eigenvalue weighted by Crippen LogP contribution is 2.42. The van der Waals surface area contributed by atoms with Crippen LogP contribution in [0.2, 0.25) is 0 Å². The number of alkyl halides is 3. The molecule has 2 saturated heterocycles. The first-order valence-electron chi connectivity index (χ1n) is 9.17. The van der Waals surface area contributed by atoms with Crippen LogP contribution in [0.3, 0.4) is 0 Å². The molecule has 1 aromatic carbocycles. The van der Waals surface area contributed by atoms with Crippen molar-refractivity contribution in [3.8, 4) is 0 Å². The van der Waals surface area contributed by atoms with Crippen LogP contribution in [0.5, 0.6) is 0 Å². The molecule has 2 fully saturated rings. The third-order valence-corrected chi connectivity index (χ3v) is 7.70. The van der Waals surface area contributed by atoms with Crippen LogP contribution in [0, 0.1) is 5.41 Å². The Bertz CT molecular complexity index is 859. The van der Waals surface area contributed by atoms with Gasteiger partial charge in [-0.05, 0) is 49.3 Å². The first-order chi connectivity index (χ1) is 13.1. The van der Waals surface area contributed by atoms with Gasteiger partial charge in [0.15, 0.2) is 0 Å². The molecule has 2 aliphatic heterocycles. The summed E-state index contributed by atoms with van der Waals surface area (Å²) in [6.07, 6.45) is -0.741. The summed E-state index contributed by atoms with van der Waals surface area (Å²) in [6.45, 7) is 4.97. The number of nitrogens with zero attached hydrogens (tertiary/aromatic N) is 2. The van der Waals surface area contributed by atoms with Gasteiger partial charge in [-0.25, -0.2) is 8.42 Å². The van der Waals surface area contributed by atoms with Gasteiger partial charge in [-0.3, -0.25) is 4.79 Å². The molecule has 0 radical (unpaired) electrons. The number of rotatable bonds is 3. The number of halogens is 3. The number of piperidine rings is 2. The zero-order valence-corrected chi connectivity index (χ0v) is 16.2. The second-order valence-electron chi connectivity index (χ2n) is 7.47. The third kappa shape index (κ3) is 3.96. The molecule has 28 heavy (non-hydrogen) atoms. The van der Waals surface area contributed by atoms with Crippen molar-refractivity contribution in [2.24, 2.45) is 5.41 Å². The quantitative estimate of drug-likeness (QED) is 0.711. The van der Waals surface area contributed by atoms with Crippen LogP contribution in [-0.4, -0.2) is 49.7 Å². The van der Waals surface area contributed by atoms with Gasteiger partial charge in [0.25, 0.3) is 0 Å². The number of carbonyl (C=O) groups excluding carboxylic acids is 1. The van der Waals surface area contributed by atoms with Gasteiger partial charge in [-0.1, -0.05) is 18.7 Å². The average Bonchev–Trinajstić information content (AvgIpc) is 2.67. The smallest absolute Gasteiger partial charge is 0.339 e. The zero-order chi connectivity index (χ0) is 20.6. The van der Waals surface area contributed by atoms with E-state index in [1.807, 2.05) is 0 Å². The van der Waals surface area contributed by atoms with E-state index in [2.05, 4.69) is 6.58 Å². The average molecular weight is 416 g/mol. The van der Waals surface area contributed by atoms with Crippen molar-refractivity contribution in [1.82, 2.24) is 9.21 Å². The number of amides is 1. The van der Waals surface area contributed by atoms with Crippen molar-refractivity contribution in [3.63, 3.8) is 0 Å². The number of hydrogen-bond donors (Lipinski definition) is 0. The van der Waals surface area contributed by atoms with E-state index in [4.69, 9.17) is 0 Å². The summed E-state index contributed by atoms with van der Waals surface area (Å²) in [7, 11) is -4.25. The van der Waals surface area contributed by atoms with Gasteiger partial charge in [-0.2, -0.15) is 17.5 Å². The van der Waals surface area contributed by atoms with Gasteiger partial charge in [0.05, 0.1) is 10.5 Å². The molecule has 0 unspecified atom stereocenters. The van der Waals surface area contributed by atoms with E-state index in [0.29, 0.717) is 25.9 Å². The van der Waals surface area contributed by atoms with Crippen LogP contribution in [0.25, 0.3) is 0 Å². The Kier molecular flexibility index (Phi) is 5.60. The number of sulfonamides is 1. The molecule has 0 bridgehead atoms. The first kappa shape index (κ1) is 20.9. The van der Waals surface area contributed by atoms with Crippen molar-refractivity contribution in [3.05, 3.63) is 42.5 Å². The van der Waals surface area contributed by atoms with E-state index >= 15 is 0 Å². The SMILES string of the molecule is C=CC(=O)N1CCCC2(CCN(S(=O)(=O)c3ccccc3C(F)(F)F)CC2)C1. The number of carbonyl (C=O) groups is 1. The minimum Gasteiger partial charge on any atom is -0.339 e. The summed E-state index contributed by atoms with van der Waals surface area (Å²) in [6, 6.07) is 4.28. The Morgan fingerprint density at radius 3 is 2.36 bits per heavy atom. The van der Waals surface area contributed by atoms with Gasteiger partial charge in [0, 0.05) is 26.2 Å². The maximum Gasteiger partial charge on any atom is 0.417 e. The van der Waals surface area contributed by atoms with Crippen molar-refractivity contribution in [2.45, 2.75) is 36.8 Å². The lowest BCUT2D eigenvalue weighted by molar-refractivity contribution is -0.140. The monoisotopic (exact) mass is 416 g/mol. The Labute approximate surface area is 162 Å². The van der Waals surface area contributed by atoms with Crippen LogP contribution in [-0.2, 0) is 21.0 Å². The highest BCUT2D eigenvalue weighted by molar-refractivity contribution is 7.89. The van der Waals surface area contributed by atoms with Crippen molar-refractivity contribution in [1.29, 1.82) is 0 Å². The maximum absolute atomic E-state index is 13.3. The highest BCUT2D eigenvalue weighted by Gasteiger charge is 2.44. The second-order valence-corrected chi connectivity index (χ2v) is 9.37. The normalized spacial score (nSPS) is 20.9. The lowest BCUT2D eigenvalue weighted by Crippen LogP contribution is -2.51. The minimum atomic E-state index is -4.74. The van der Waals surface area contributed by atoms with Crippen LogP contribution in [0.4, 0.5) is 13.2 Å². The Morgan fingerprint density at radius 1 is 1.11 bits per heavy atom. The minimum absolute atomic E-state index is 0.143. The fourth-order valence-corrected chi connectivity index (χ4v) is 5.85. The van der Waals surface area contributed by atoms with Gasteiger partial charge in [-0.15, -0.1) is 0 Å². The summed E-state index contributed by atoms with van der Waals surface area (Å²) in [5, 5.41) is 0.